The second kappa shape index (κ2) is 5.57. The highest BCUT2D eigenvalue weighted by molar-refractivity contribution is 5.86. The second-order valence-electron chi connectivity index (χ2n) is 4.45. The Balaban J connectivity index is 1.98. The summed E-state index contributed by atoms with van der Waals surface area (Å²) in [6.45, 7) is -0.357. The van der Waals surface area contributed by atoms with Gasteiger partial charge < -0.3 is 9.52 Å². The maximum atomic E-state index is 8.95. The standard InChI is InChI=1S/C16H11N3O2/c17-9-11(10-20)7-15-18-19-16(21-15)14-6-5-12-3-1-2-4-13(12)8-14/h1-8,20H,10H2/b11-7+. The Kier molecular flexibility index (Phi) is 3.46. The highest BCUT2D eigenvalue weighted by Gasteiger charge is 2.08. The number of benzene rings is 2. The van der Waals surface area contributed by atoms with Gasteiger partial charge in [-0.25, -0.2) is 0 Å². The molecule has 2 aromatic carbocycles. The summed E-state index contributed by atoms with van der Waals surface area (Å²) >= 11 is 0. The lowest BCUT2D eigenvalue weighted by molar-refractivity contribution is 0.336. The summed E-state index contributed by atoms with van der Waals surface area (Å²) in [5.74, 6) is 0.575. The minimum atomic E-state index is -0.357. The SMILES string of the molecule is N#C/C(=C\c1nnc(-c2ccc3ccccc3c2)o1)CO. The summed E-state index contributed by atoms with van der Waals surface area (Å²) in [5, 5.41) is 27.7. The molecule has 3 aromatic rings. The molecule has 0 aliphatic heterocycles. The summed E-state index contributed by atoms with van der Waals surface area (Å²) in [6, 6.07) is 15.7. The number of fused-ring (bicyclic) bond motifs is 1. The molecule has 0 unspecified atom stereocenters. The van der Waals surface area contributed by atoms with Gasteiger partial charge in [0.15, 0.2) is 0 Å². The van der Waals surface area contributed by atoms with Gasteiger partial charge in [0.05, 0.1) is 18.2 Å². The molecule has 0 aliphatic carbocycles. The van der Waals surface area contributed by atoms with Crippen molar-refractivity contribution in [1.82, 2.24) is 10.2 Å². The van der Waals surface area contributed by atoms with E-state index in [2.05, 4.69) is 10.2 Å². The molecule has 1 N–H and O–H groups in total. The number of rotatable bonds is 3. The Morgan fingerprint density at radius 3 is 2.76 bits per heavy atom. The zero-order valence-electron chi connectivity index (χ0n) is 11.0. The zero-order chi connectivity index (χ0) is 14.7. The lowest BCUT2D eigenvalue weighted by Gasteiger charge is -1.99. The van der Waals surface area contributed by atoms with Crippen molar-refractivity contribution < 1.29 is 9.52 Å². The molecule has 0 radical (unpaired) electrons. The zero-order valence-corrected chi connectivity index (χ0v) is 11.0. The van der Waals surface area contributed by atoms with Gasteiger partial charge in [-0.2, -0.15) is 5.26 Å². The quantitative estimate of drug-likeness (QED) is 0.744. The molecular formula is C16H11N3O2. The van der Waals surface area contributed by atoms with Gasteiger partial charge in [0.1, 0.15) is 0 Å². The van der Waals surface area contributed by atoms with Gasteiger partial charge in [0, 0.05) is 11.6 Å². The predicted molar refractivity (Wildman–Crippen MR) is 77.9 cm³/mol. The lowest BCUT2D eigenvalue weighted by Crippen LogP contribution is -1.85. The first-order valence-electron chi connectivity index (χ1n) is 6.34. The lowest BCUT2D eigenvalue weighted by atomic mass is 10.1. The van der Waals surface area contributed by atoms with Crippen LogP contribution in [-0.4, -0.2) is 21.9 Å². The normalized spacial score (nSPS) is 11.5. The first-order chi connectivity index (χ1) is 10.3. The summed E-state index contributed by atoms with van der Waals surface area (Å²) < 4.78 is 5.49. The minimum absolute atomic E-state index is 0.170. The first-order valence-corrected chi connectivity index (χ1v) is 6.34. The van der Waals surface area contributed by atoms with Crippen LogP contribution in [0.25, 0.3) is 28.3 Å². The van der Waals surface area contributed by atoms with E-state index in [1.807, 2.05) is 48.5 Å². The molecule has 0 saturated carbocycles. The summed E-state index contributed by atoms with van der Waals surface area (Å²) in [4.78, 5) is 0. The molecule has 3 rings (SSSR count). The molecule has 102 valence electrons. The summed E-state index contributed by atoms with van der Waals surface area (Å²) in [7, 11) is 0. The van der Waals surface area contributed by atoms with Crippen molar-refractivity contribution in [2.75, 3.05) is 6.61 Å². The summed E-state index contributed by atoms with van der Waals surface area (Å²) in [6.07, 6.45) is 1.37. The maximum absolute atomic E-state index is 8.95. The molecule has 0 bridgehead atoms. The van der Waals surface area contributed by atoms with Crippen LogP contribution in [0, 0.1) is 11.3 Å². The number of aliphatic hydroxyl groups is 1. The summed E-state index contributed by atoms with van der Waals surface area (Å²) in [5.41, 5.74) is 0.979. The molecule has 5 heteroatoms. The molecule has 0 amide bonds. The van der Waals surface area contributed by atoms with Crippen LogP contribution in [0.5, 0.6) is 0 Å². The molecule has 5 nitrogen and oxygen atoms in total. The molecular weight excluding hydrogens is 266 g/mol. The smallest absolute Gasteiger partial charge is 0.248 e. The fraction of sp³-hybridized carbons (Fsp3) is 0.0625. The maximum Gasteiger partial charge on any atom is 0.248 e. The van der Waals surface area contributed by atoms with E-state index in [4.69, 9.17) is 14.8 Å². The molecule has 0 spiro atoms. The van der Waals surface area contributed by atoms with Crippen molar-refractivity contribution in [3.05, 3.63) is 53.9 Å². The van der Waals surface area contributed by atoms with Crippen LogP contribution < -0.4 is 0 Å². The fourth-order valence-corrected chi connectivity index (χ4v) is 1.99. The largest absolute Gasteiger partial charge is 0.417 e. The second-order valence-corrected chi connectivity index (χ2v) is 4.45. The molecule has 0 saturated heterocycles. The molecule has 0 aliphatic rings. The van der Waals surface area contributed by atoms with E-state index in [1.54, 1.807) is 0 Å². The topological polar surface area (TPSA) is 82.9 Å². The highest BCUT2D eigenvalue weighted by Crippen LogP contribution is 2.23. The third-order valence-corrected chi connectivity index (χ3v) is 3.05. The van der Waals surface area contributed by atoms with Crippen LogP contribution in [0.2, 0.25) is 0 Å². The van der Waals surface area contributed by atoms with E-state index < -0.39 is 0 Å². The van der Waals surface area contributed by atoms with Crippen LogP contribution in [0.4, 0.5) is 0 Å². The highest BCUT2D eigenvalue weighted by atomic mass is 16.4. The third-order valence-electron chi connectivity index (χ3n) is 3.05. The van der Waals surface area contributed by atoms with E-state index in [9.17, 15) is 0 Å². The molecule has 0 fully saturated rings. The van der Waals surface area contributed by atoms with E-state index in [-0.39, 0.29) is 18.1 Å². The fourth-order valence-electron chi connectivity index (χ4n) is 1.99. The third kappa shape index (κ3) is 2.66. The number of aliphatic hydroxyl groups excluding tert-OH is 1. The Bertz CT molecular complexity index is 859. The Morgan fingerprint density at radius 1 is 1.19 bits per heavy atom. The molecule has 1 aromatic heterocycles. The molecule has 21 heavy (non-hydrogen) atoms. The van der Waals surface area contributed by atoms with E-state index in [1.165, 1.54) is 6.08 Å². The van der Waals surface area contributed by atoms with E-state index in [0.29, 0.717) is 5.89 Å². The van der Waals surface area contributed by atoms with Crippen molar-refractivity contribution in [3.63, 3.8) is 0 Å². The minimum Gasteiger partial charge on any atom is -0.417 e. The Labute approximate surface area is 120 Å². The average molecular weight is 277 g/mol. The van der Waals surface area contributed by atoms with Crippen LogP contribution >= 0.6 is 0 Å². The molecule has 1 heterocycles. The molecule has 0 atom stereocenters. The van der Waals surface area contributed by atoms with Crippen LogP contribution in [0.3, 0.4) is 0 Å². The van der Waals surface area contributed by atoms with E-state index >= 15 is 0 Å². The number of hydrogen-bond donors (Lipinski definition) is 1. The number of nitriles is 1. The van der Waals surface area contributed by atoms with Gasteiger partial charge in [0.2, 0.25) is 11.8 Å². The number of aromatic nitrogens is 2. The van der Waals surface area contributed by atoms with Crippen molar-refractivity contribution in [2.24, 2.45) is 0 Å². The first kappa shape index (κ1) is 13.0. The van der Waals surface area contributed by atoms with Crippen LogP contribution in [0.15, 0.2) is 52.5 Å². The van der Waals surface area contributed by atoms with Crippen LogP contribution in [-0.2, 0) is 0 Å². The average Bonchev–Trinajstić information content (AvgIpc) is 3.00. The monoisotopic (exact) mass is 277 g/mol. The number of hydrogen-bond acceptors (Lipinski definition) is 5. The predicted octanol–water partition coefficient (Wildman–Crippen LogP) is 2.79. The van der Waals surface area contributed by atoms with Gasteiger partial charge >= 0.3 is 0 Å². The van der Waals surface area contributed by atoms with Gasteiger partial charge in [-0.3, -0.25) is 0 Å². The van der Waals surface area contributed by atoms with Crippen LogP contribution in [0.1, 0.15) is 5.89 Å². The Hall–Kier alpha value is -2.97. The van der Waals surface area contributed by atoms with Crippen molar-refractivity contribution >= 4 is 16.8 Å². The van der Waals surface area contributed by atoms with Crippen molar-refractivity contribution in [1.29, 1.82) is 5.26 Å². The number of nitrogens with zero attached hydrogens (tertiary/aromatic N) is 3. The Morgan fingerprint density at radius 2 is 2.00 bits per heavy atom. The van der Waals surface area contributed by atoms with Gasteiger partial charge in [0.25, 0.3) is 0 Å². The van der Waals surface area contributed by atoms with Gasteiger partial charge in [-0.05, 0) is 22.9 Å². The van der Waals surface area contributed by atoms with Gasteiger partial charge in [-0.1, -0.05) is 30.3 Å². The van der Waals surface area contributed by atoms with Crippen molar-refractivity contribution in [2.45, 2.75) is 0 Å². The van der Waals surface area contributed by atoms with Gasteiger partial charge in [-0.15, -0.1) is 10.2 Å². The van der Waals surface area contributed by atoms with E-state index in [0.717, 1.165) is 16.3 Å². The van der Waals surface area contributed by atoms with Crippen molar-refractivity contribution in [3.8, 4) is 17.5 Å².